The molecule has 1 fully saturated rings. The molecule has 0 saturated carbocycles. The van der Waals surface area contributed by atoms with E-state index >= 15 is 0 Å². The van der Waals surface area contributed by atoms with E-state index in [0.717, 1.165) is 6.07 Å². The highest BCUT2D eigenvalue weighted by Gasteiger charge is 2.50. The van der Waals surface area contributed by atoms with Crippen LogP contribution in [0.4, 0.5) is 22.4 Å². The molecule has 7 heteroatoms. The van der Waals surface area contributed by atoms with Crippen molar-refractivity contribution in [3.63, 3.8) is 0 Å². The molecule has 0 atom stereocenters. The highest BCUT2D eigenvalue weighted by Crippen LogP contribution is 2.51. The van der Waals surface area contributed by atoms with E-state index in [1.807, 2.05) is 6.08 Å². The molecule has 0 N–H and O–H groups in total. The first kappa shape index (κ1) is 17.8. The number of benzene rings is 1. The zero-order valence-electron chi connectivity index (χ0n) is 14.2. The van der Waals surface area contributed by atoms with Crippen LogP contribution in [0.1, 0.15) is 38.3 Å². The van der Waals surface area contributed by atoms with Gasteiger partial charge in [-0.1, -0.05) is 12.1 Å². The molecule has 1 amide bonds. The first-order chi connectivity index (χ1) is 11.4. The van der Waals surface area contributed by atoms with E-state index in [0.29, 0.717) is 31.1 Å². The summed E-state index contributed by atoms with van der Waals surface area (Å²) < 4.78 is 57.0. The molecular weight excluding hydrogens is 338 g/mol. The summed E-state index contributed by atoms with van der Waals surface area (Å²) in [7, 11) is 0. The number of halogens is 4. The van der Waals surface area contributed by atoms with E-state index in [4.69, 9.17) is 4.74 Å². The Bertz CT molecular complexity index is 740. The topological polar surface area (TPSA) is 29.5 Å². The number of allylic oxidation sites excluding steroid dienone is 1. The van der Waals surface area contributed by atoms with E-state index in [2.05, 4.69) is 0 Å². The molecule has 136 valence electrons. The van der Waals surface area contributed by atoms with Gasteiger partial charge in [0.2, 0.25) is 0 Å². The maximum absolute atomic E-state index is 14.0. The first-order valence-corrected chi connectivity index (χ1v) is 7.95. The molecule has 0 aromatic heterocycles. The summed E-state index contributed by atoms with van der Waals surface area (Å²) in [4.78, 5) is 13.5. The van der Waals surface area contributed by atoms with Crippen LogP contribution in [0.15, 0.2) is 24.3 Å². The Morgan fingerprint density at radius 1 is 1.20 bits per heavy atom. The predicted molar refractivity (Wildman–Crippen MR) is 84.2 cm³/mol. The Balaban J connectivity index is 1.65. The van der Waals surface area contributed by atoms with Crippen molar-refractivity contribution >= 4 is 11.7 Å². The normalized spacial score (nSPS) is 19.2. The van der Waals surface area contributed by atoms with Gasteiger partial charge in [0.1, 0.15) is 11.4 Å². The van der Waals surface area contributed by atoms with Gasteiger partial charge in [-0.25, -0.2) is 9.18 Å². The molecule has 2 aliphatic rings. The van der Waals surface area contributed by atoms with Crippen LogP contribution in [0.5, 0.6) is 0 Å². The minimum absolute atomic E-state index is 0.189. The van der Waals surface area contributed by atoms with Crippen molar-refractivity contribution in [2.45, 2.75) is 39.0 Å². The third-order valence-corrected chi connectivity index (χ3v) is 4.33. The van der Waals surface area contributed by atoms with Crippen molar-refractivity contribution in [3.05, 3.63) is 41.2 Å². The average Bonchev–Trinajstić information content (AvgIpc) is 2.33. The van der Waals surface area contributed by atoms with Crippen LogP contribution in [-0.2, 0) is 10.9 Å². The molecule has 1 saturated heterocycles. The molecule has 3 nitrogen and oxygen atoms in total. The maximum Gasteiger partial charge on any atom is 0.416 e. The van der Waals surface area contributed by atoms with Crippen LogP contribution in [0, 0.1) is 11.2 Å². The number of carbonyl (C=O) groups is 1. The molecule has 1 heterocycles. The van der Waals surface area contributed by atoms with Crippen molar-refractivity contribution in [1.82, 2.24) is 4.90 Å². The van der Waals surface area contributed by atoms with Crippen LogP contribution in [0.2, 0.25) is 0 Å². The number of likely N-dealkylation sites (tertiary alicyclic amines) is 1. The number of rotatable bonds is 1. The third-order valence-electron chi connectivity index (χ3n) is 4.33. The third kappa shape index (κ3) is 3.50. The largest absolute Gasteiger partial charge is 0.444 e. The first-order valence-electron chi connectivity index (χ1n) is 7.95. The molecule has 25 heavy (non-hydrogen) atoms. The van der Waals surface area contributed by atoms with Gasteiger partial charge in [0.05, 0.1) is 5.56 Å². The quantitative estimate of drug-likeness (QED) is 0.671. The molecule has 1 aliphatic carbocycles. The molecule has 0 bridgehead atoms. The molecule has 0 unspecified atom stereocenters. The van der Waals surface area contributed by atoms with Crippen molar-refractivity contribution in [2.24, 2.45) is 5.41 Å². The monoisotopic (exact) mass is 357 g/mol. The van der Waals surface area contributed by atoms with Crippen molar-refractivity contribution in [2.75, 3.05) is 13.1 Å². The lowest BCUT2D eigenvalue weighted by Gasteiger charge is -2.53. The van der Waals surface area contributed by atoms with Gasteiger partial charge in [0.15, 0.2) is 0 Å². The summed E-state index contributed by atoms with van der Waals surface area (Å²) in [5.74, 6) is -0.876. The molecule has 1 aromatic rings. The zero-order valence-corrected chi connectivity index (χ0v) is 14.2. The average molecular weight is 357 g/mol. The lowest BCUT2D eigenvalue weighted by atomic mass is 9.64. The smallest absolute Gasteiger partial charge is 0.416 e. The Labute approximate surface area is 143 Å². The van der Waals surface area contributed by atoms with Crippen LogP contribution in [-0.4, -0.2) is 29.7 Å². The number of nitrogens with zero attached hydrogens (tertiary/aromatic N) is 1. The fourth-order valence-corrected chi connectivity index (χ4v) is 3.22. The van der Waals surface area contributed by atoms with Gasteiger partial charge in [-0.05, 0) is 44.9 Å². The van der Waals surface area contributed by atoms with Crippen molar-refractivity contribution in [1.29, 1.82) is 0 Å². The van der Waals surface area contributed by atoms with Gasteiger partial charge in [-0.15, -0.1) is 0 Å². The summed E-state index contributed by atoms with van der Waals surface area (Å²) in [6.07, 6.45) is -2.56. The summed E-state index contributed by atoms with van der Waals surface area (Å²) in [6, 6.07) is 2.58. The van der Waals surface area contributed by atoms with Crippen molar-refractivity contribution in [3.8, 4) is 0 Å². The minimum atomic E-state index is -4.56. The highest BCUT2D eigenvalue weighted by atomic mass is 19.4. The minimum Gasteiger partial charge on any atom is -0.444 e. The Kier molecular flexibility index (Phi) is 3.89. The second kappa shape index (κ2) is 5.47. The van der Waals surface area contributed by atoms with Crippen molar-refractivity contribution < 1.29 is 27.1 Å². The van der Waals surface area contributed by atoms with Gasteiger partial charge < -0.3 is 9.64 Å². The molecule has 0 radical (unpaired) electrons. The van der Waals surface area contributed by atoms with Gasteiger partial charge in [0, 0.05) is 24.1 Å². The Morgan fingerprint density at radius 2 is 1.80 bits per heavy atom. The summed E-state index contributed by atoms with van der Waals surface area (Å²) in [5, 5.41) is 0. The predicted octanol–water partition coefficient (Wildman–Crippen LogP) is 4.87. The van der Waals surface area contributed by atoms with Crippen LogP contribution >= 0.6 is 0 Å². The van der Waals surface area contributed by atoms with Crippen LogP contribution < -0.4 is 0 Å². The maximum atomic E-state index is 14.0. The summed E-state index contributed by atoms with van der Waals surface area (Å²) in [6.45, 7) is 6.32. The second-order valence-electron chi connectivity index (χ2n) is 7.74. The SMILES string of the molecule is CC(C)(C)OC(=O)N1CC2(C=C(c3ccc(C(F)(F)F)cc3F)C2)C1. The lowest BCUT2D eigenvalue weighted by Crippen LogP contribution is -2.60. The molecule has 1 aromatic carbocycles. The number of hydrogen-bond acceptors (Lipinski definition) is 2. The number of ether oxygens (including phenoxy) is 1. The number of alkyl halides is 3. The van der Waals surface area contributed by atoms with Gasteiger partial charge in [-0.3, -0.25) is 0 Å². The van der Waals surface area contributed by atoms with E-state index in [9.17, 15) is 22.4 Å². The Hall–Kier alpha value is -2.05. The number of hydrogen-bond donors (Lipinski definition) is 0. The molecular formula is C18H19F4NO2. The fraction of sp³-hybridized carbons (Fsp3) is 0.500. The summed E-state index contributed by atoms with van der Waals surface area (Å²) in [5.41, 5.74) is -0.905. The van der Waals surface area contributed by atoms with Crippen LogP contribution in [0.3, 0.4) is 0 Å². The van der Waals surface area contributed by atoms with E-state index < -0.39 is 23.2 Å². The van der Waals surface area contributed by atoms with E-state index in [1.54, 1.807) is 25.7 Å². The van der Waals surface area contributed by atoms with Gasteiger partial charge in [0.25, 0.3) is 0 Å². The molecule has 3 rings (SSSR count). The zero-order chi connectivity index (χ0) is 18.6. The number of carbonyl (C=O) groups excluding carboxylic acids is 1. The highest BCUT2D eigenvalue weighted by molar-refractivity contribution is 5.76. The lowest BCUT2D eigenvalue weighted by molar-refractivity contribution is -0.137. The van der Waals surface area contributed by atoms with E-state index in [1.165, 1.54) is 6.07 Å². The summed E-state index contributed by atoms with van der Waals surface area (Å²) >= 11 is 0. The second-order valence-corrected chi connectivity index (χ2v) is 7.74. The molecule has 1 aliphatic heterocycles. The Morgan fingerprint density at radius 3 is 2.28 bits per heavy atom. The van der Waals surface area contributed by atoms with Crippen LogP contribution in [0.25, 0.3) is 5.57 Å². The van der Waals surface area contributed by atoms with Gasteiger partial charge >= 0.3 is 12.3 Å². The fourth-order valence-electron chi connectivity index (χ4n) is 3.22. The molecule has 1 spiro atoms. The standard InChI is InChI=1S/C18H19F4NO2/c1-16(2,3)25-15(24)23-9-17(10-23)7-11(8-17)13-5-4-12(6-14(13)19)18(20,21)22/h4-7H,8-10H2,1-3H3. The van der Waals surface area contributed by atoms with Gasteiger partial charge in [-0.2, -0.15) is 13.2 Å². The van der Waals surface area contributed by atoms with E-state index in [-0.39, 0.29) is 17.1 Å². The number of amides is 1.